The number of carboxylic acids is 1. The number of nitrogens with one attached hydrogen (secondary N) is 2. The number of hydrogen-bond acceptors (Lipinski definition) is 3. The predicted octanol–water partition coefficient (Wildman–Crippen LogP) is 1.41. The molecule has 2 aliphatic heterocycles. The molecule has 2 bridgehead atoms. The van der Waals surface area contributed by atoms with E-state index in [-0.39, 0.29) is 18.0 Å². The van der Waals surface area contributed by atoms with Crippen molar-refractivity contribution in [1.29, 1.82) is 0 Å². The lowest BCUT2D eigenvalue weighted by Gasteiger charge is -2.47. The number of piperidine rings is 2. The number of aliphatic carboxylic acids is 1. The van der Waals surface area contributed by atoms with Crippen LogP contribution in [-0.2, 0) is 4.79 Å². The van der Waals surface area contributed by atoms with Gasteiger partial charge in [-0.15, -0.1) is 0 Å². The minimum absolute atomic E-state index is 0.134. The van der Waals surface area contributed by atoms with E-state index in [1.807, 2.05) is 0 Å². The van der Waals surface area contributed by atoms with Crippen LogP contribution in [0.1, 0.15) is 46.0 Å². The van der Waals surface area contributed by atoms with E-state index in [9.17, 15) is 9.59 Å². The van der Waals surface area contributed by atoms with Gasteiger partial charge in [-0.2, -0.15) is 0 Å². The fourth-order valence-electron chi connectivity index (χ4n) is 3.62. The quantitative estimate of drug-likeness (QED) is 0.733. The summed E-state index contributed by atoms with van der Waals surface area (Å²) in [6.45, 7) is 3.58. The summed E-state index contributed by atoms with van der Waals surface area (Å²) in [5.74, 6) is -1.12. The van der Waals surface area contributed by atoms with E-state index in [1.165, 1.54) is 19.3 Å². The molecule has 2 fully saturated rings. The lowest BCUT2D eigenvalue weighted by Crippen LogP contribution is -2.58. The Morgan fingerprint density at radius 1 is 1.19 bits per heavy atom. The molecule has 2 rings (SSSR count). The van der Waals surface area contributed by atoms with Crippen LogP contribution in [0.15, 0.2) is 0 Å². The highest BCUT2D eigenvalue weighted by Gasteiger charge is 2.36. The van der Waals surface area contributed by atoms with Crippen molar-refractivity contribution in [3.63, 3.8) is 0 Å². The summed E-state index contributed by atoms with van der Waals surface area (Å²) in [6, 6.07) is 0.0453. The third-order valence-corrected chi connectivity index (χ3v) is 4.89. The van der Waals surface area contributed by atoms with E-state index in [0.29, 0.717) is 12.1 Å². The van der Waals surface area contributed by atoms with Crippen molar-refractivity contribution in [2.45, 2.75) is 70.1 Å². The fourth-order valence-corrected chi connectivity index (χ4v) is 3.62. The molecule has 6 heteroatoms. The number of nitrogens with zero attached hydrogens (tertiary/aromatic N) is 1. The van der Waals surface area contributed by atoms with Gasteiger partial charge in [0.15, 0.2) is 0 Å². The summed E-state index contributed by atoms with van der Waals surface area (Å²) in [5, 5.41) is 14.7. The van der Waals surface area contributed by atoms with Crippen molar-refractivity contribution in [3.8, 4) is 0 Å². The summed E-state index contributed by atoms with van der Waals surface area (Å²) in [6.07, 6.45) is 5.57. The second kappa shape index (κ2) is 6.64. The van der Waals surface area contributed by atoms with Crippen LogP contribution in [0.2, 0.25) is 0 Å². The zero-order valence-electron chi connectivity index (χ0n) is 13.1. The SMILES string of the molecule is CC(C)[C@@H](NC(=O)NC1CC2CCCC(C1)N2C)C(=O)O. The second-order valence-electron chi connectivity index (χ2n) is 6.75. The molecule has 3 atom stereocenters. The summed E-state index contributed by atoms with van der Waals surface area (Å²) in [5.41, 5.74) is 0. The molecule has 2 amide bonds. The van der Waals surface area contributed by atoms with Crippen LogP contribution in [0.5, 0.6) is 0 Å². The Morgan fingerprint density at radius 2 is 1.76 bits per heavy atom. The summed E-state index contributed by atoms with van der Waals surface area (Å²) >= 11 is 0. The topological polar surface area (TPSA) is 81.7 Å². The van der Waals surface area contributed by atoms with Crippen LogP contribution in [-0.4, -0.2) is 53.2 Å². The average Bonchev–Trinajstić information content (AvgIpc) is 2.36. The Hall–Kier alpha value is -1.30. The molecule has 2 unspecified atom stereocenters. The largest absolute Gasteiger partial charge is 0.480 e. The van der Waals surface area contributed by atoms with Crippen LogP contribution in [0.25, 0.3) is 0 Å². The molecule has 6 nitrogen and oxygen atoms in total. The number of urea groups is 1. The lowest BCUT2D eigenvalue weighted by atomic mass is 9.82. The fraction of sp³-hybridized carbons (Fsp3) is 0.867. The normalized spacial score (nSPS) is 30.8. The minimum Gasteiger partial charge on any atom is -0.480 e. The van der Waals surface area contributed by atoms with Gasteiger partial charge >= 0.3 is 12.0 Å². The Kier molecular flexibility index (Phi) is 5.08. The van der Waals surface area contributed by atoms with E-state index in [2.05, 4.69) is 22.6 Å². The first-order valence-electron chi connectivity index (χ1n) is 7.90. The molecule has 0 aromatic rings. The zero-order chi connectivity index (χ0) is 15.6. The van der Waals surface area contributed by atoms with E-state index >= 15 is 0 Å². The molecule has 2 saturated heterocycles. The Morgan fingerprint density at radius 3 is 2.24 bits per heavy atom. The highest BCUT2D eigenvalue weighted by atomic mass is 16.4. The first-order valence-corrected chi connectivity index (χ1v) is 7.90. The maximum absolute atomic E-state index is 12.0. The first kappa shape index (κ1) is 16.1. The minimum atomic E-state index is -0.986. The molecule has 21 heavy (non-hydrogen) atoms. The van der Waals surface area contributed by atoms with E-state index in [4.69, 9.17) is 5.11 Å². The van der Waals surface area contributed by atoms with E-state index in [1.54, 1.807) is 13.8 Å². The molecule has 0 aromatic carbocycles. The molecule has 120 valence electrons. The van der Waals surface area contributed by atoms with Gasteiger partial charge in [-0.3, -0.25) is 0 Å². The number of carbonyl (C=O) groups excluding carboxylic acids is 1. The van der Waals surface area contributed by atoms with Crippen LogP contribution in [0, 0.1) is 5.92 Å². The van der Waals surface area contributed by atoms with Gasteiger partial charge in [0.05, 0.1) is 0 Å². The van der Waals surface area contributed by atoms with Crippen molar-refractivity contribution in [3.05, 3.63) is 0 Å². The van der Waals surface area contributed by atoms with Gasteiger partial charge in [-0.1, -0.05) is 20.3 Å². The molecule has 0 spiro atoms. The van der Waals surface area contributed by atoms with Crippen LogP contribution in [0.4, 0.5) is 4.79 Å². The van der Waals surface area contributed by atoms with Crippen LogP contribution < -0.4 is 10.6 Å². The van der Waals surface area contributed by atoms with Gasteiger partial charge in [-0.05, 0) is 38.6 Å². The van der Waals surface area contributed by atoms with Gasteiger partial charge < -0.3 is 20.6 Å². The summed E-state index contributed by atoms with van der Waals surface area (Å²) < 4.78 is 0. The highest BCUT2D eigenvalue weighted by molar-refractivity contribution is 5.82. The summed E-state index contributed by atoms with van der Waals surface area (Å²) in [4.78, 5) is 25.6. The second-order valence-corrected chi connectivity index (χ2v) is 6.75. The molecule has 0 aromatic heterocycles. The third kappa shape index (κ3) is 3.87. The van der Waals surface area contributed by atoms with E-state index in [0.717, 1.165) is 12.8 Å². The smallest absolute Gasteiger partial charge is 0.326 e. The van der Waals surface area contributed by atoms with Crippen molar-refractivity contribution < 1.29 is 14.7 Å². The van der Waals surface area contributed by atoms with Crippen molar-refractivity contribution in [1.82, 2.24) is 15.5 Å². The molecular weight excluding hydrogens is 270 g/mol. The maximum atomic E-state index is 12.0. The Bertz CT molecular complexity index is 386. The lowest BCUT2D eigenvalue weighted by molar-refractivity contribution is -0.140. The van der Waals surface area contributed by atoms with Crippen LogP contribution in [0.3, 0.4) is 0 Å². The molecule has 0 radical (unpaired) electrons. The number of fused-ring (bicyclic) bond motifs is 2. The zero-order valence-corrected chi connectivity index (χ0v) is 13.1. The van der Waals surface area contributed by atoms with Gasteiger partial charge in [0.1, 0.15) is 6.04 Å². The Balaban J connectivity index is 1.87. The third-order valence-electron chi connectivity index (χ3n) is 4.89. The molecule has 0 saturated carbocycles. The van der Waals surface area contributed by atoms with Crippen LogP contribution >= 0.6 is 0 Å². The summed E-state index contributed by atoms with van der Waals surface area (Å²) in [7, 11) is 2.17. The number of rotatable bonds is 4. The van der Waals surface area contributed by atoms with Gasteiger partial charge in [-0.25, -0.2) is 9.59 Å². The molecular formula is C15H27N3O3. The van der Waals surface area contributed by atoms with Gasteiger partial charge in [0.25, 0.3) is 0 Å². The van der Waals surface area contributed by atoms with Crippen molar-refractivity contribution >= 4 is 12.0 Å². The first-order chi connectivity index (χ1) is 9.88. The highest BCUT2D eigenvalue weighted by Crippen LogP contribution is 2.32. The number of hydrogen-bond donors (Lipinski definition) is 3. The van der Waals surface area contributed by atoms with Crippen molar-refractivity contribution in [2.75, 3.05) is 7.05 Å². The molecule has 3 N–H and O–H groups in total. The molecule has 0 aliphatic carbocycles. The van der Waals surface area contributed by atoms with Gasteiger partial charge in [0, 0.05) is 18.1 Å². The number of carboxylic acid groups (broad SMARTS) is 1. The number of carbonyl (C=O) groups is 2. The molecule has 2 heterocycles. The van der Waals surface area contributed by atoms with Gasteiger partial charge in [0.2, 0.25) is 0 Å². The molecule has 2 aliphatic rings. The standard InChI is InChI=1S/C15H27N3O3/c1-9(2)13(14(19)20)17-15(21)16-10-7-11-5-4-6-12(8-10)18(11)3/h9-13H,4-8H2,1-3H3,(H,19,20)(H2,16,17,21)/t10?,11?,12?,13-/m1/s1. The maximum Gasteiger partial charge on any atom is 0.326 e. The monoisotopic (exact) mass is 297 g/mol. The predicted molar refractivity (Wildman–Crippen MR) is 80.1 cm³/mol. The van der Waals surface area contributed by atoms with Crippen molar-refractivity contribution in [2.24, 2.45) is 5.92 Å². The number of amides is 2. The van der Waals surface area contributed by atoms with E-state index < -0.39 is 12.0 Å². The Labute approximate surface area is 126 Å². The average molecular weight is 297 g/mol.